The lowest BCUT2D eigenvalue weighted by molar-refractivity contribution is -0.0170. The second kappa shape index (κ2) is 9.50. The summed E-state index contributed by atoms with van der Waals surface area (Å²) in [7, 11) is 1.42. The van der Waals surface area contributed by atoms with Crippen LogP contribution in [0.1, 0.15) is 61.6 Å². The Morgan fingerprint density at radius 3 is 2.73 bits per heavy atom. The molecule has 2 aliphatic rings. The number of benzene rings is 1. The molecule has 1 N–H and O–H groups in total. The van der Waals surface area contributed by atoms with Crippen LogP contribution in [0, 0.1) is 5.92 Å². The zero-order chi connectivity index (χ0) is 21.1. The van der Waals surface area contributed by atoms with E-state index in [9.17, 15) is 4.79 Å². The quantitative estimate of drug-likeness (QED) is 0.717. The predicted molar refractivity (Wildman–Crippen MR) is 117 cm³/mol. The monoisotopic (exact) mass is 414 g/mol. The highest BCUT2D eigenvalue weighted by Gasteiger charge is 2.39. The van der Waals surface area contributed by atoms with Gasteiger partial charge in [-0.25, -0.2) is 4.79 Å². The van der Waals surface area contributed by atoms with Gasteiger partial charge in [0.25, 0.3) is 0 Å². The van der Waals surface area contributed by atoms with Crippen molar-refractivity contribution >= 4 is 16.9 Å². The zero-order valence-electron chi connectivity index (χ0n) is 18.4. The van der Waals surface area contributed by atoms with Crippen molar-refractivity contribution in [3.8, 4) is 0 Å². The molecule has 0 saturated carbocycles. The summed E-state index contributed by atoms with van der Waals surface area (Å²) in [4.78, 5) is 14.8. The van der Waals surface area contributed by atoms with E-state index in [-0.39, 0.29) is 5.97 Å². The molecule has 6 nitrogen and oxygen atoms in total. The topological polar surface area (TPSA) is 63.9 Å². The maximum atomic E-state index is 12.2. The summed E-state index contributed by atoms with van der Waals surface area (Å²) >= 11 is 0. The summed E-state index contributed by atoms with van der Waals surface area (Å²) in [6.45, 7) is 8.24. The molecule has 0 radical (unpaired) electrons. The van der Waals surface area contributed by atoms with Gasteiger partial charge < -0.3 is 19.2 Å². The molecule has 0 spiro atoms. The van der Waals surface area contributed by atoms with Crippen LogP contribution in [0.4, 0.5) is 0 Å². The van der Waals surface area contributed by atoms with Gasteiger partial charge in [-0.3, -0.25) is 4.90 Å². The van der Waals surface area contributed by atoms with Crippen LogP contribution >= 0.6 is 0 Å². The fourth-order valence-electron chi connectivity index (χ4n) is 5.45. The van der Waals surface area contributed by atoms with Crippen molar-refractivity contribution in [3.05, 3.63) is 35.6 Å². The van der Waals surface area contributed by atoms with Gasteiger partial charge in [-0.15, -0.1) is 0 Å². The third kappa shape index (κ3) is 4.01. The molecule has 2 aliphatic heterocycles. The molecule has 30 heavy (non-hydrogen) atoms. The molecule has 2 aromatic rings. The molecule has 3 heterocycles. The van der Waals surface area contributed by atoms with Gasteiger partial charge in [-0.05, 0) is 62.9 Å². The third-order valence-electron chi connectivity index (χ3n) is 6.94. The maximum absolute atomic E-state index is 12.2. The van der Waals surface area contributed by atoms with Crippen molar-refractivity contribution in [3.63, 3.8) is 0 Å². The van der Waals surface area contributed by atoms with Crippen LogP contribution in [0.15, 0.2) is 28.7 Å². The molecular weight excluding hydrogens is 380 g/mol. The molecule has 6 heteroatoms. The number of methoxy groups -OCH3 is 1. The van der Waals surface area contributed by atoms with Gasteiger partial charge in [-0.2, -0.15) is 0 Å². The highest BCUT2D eigenvalue weighted by molar-refractivity contribution is 6.03. The summed E-state index contributed by atoms with van der Waals surface area (Å²) in [6, 6.07) is 8.23. The van der Waals surface area contributed by atoms with Crippen molar-refractivity contribution in [1.29, 1.82) is 0 Å². The van der Waals surface area contributed by atoms with Crippen LogP contribution in [0.2, 0.25) is 0 Å². The number of hydrogen-bond donors (Lipinski definition) is 1. The van der Waals surface area contributed by atoms with Crippen LogP contribution in [0.3, 0.4) is 0 Å². The van der Waals surface area contributed by atoms with E-state index in [2.05, 4.69) is 30.1 Å². The van der Waals surface area contributed by atoms with E-state index in [1.54, 1.807) is 6.07 Å². The molecule has 164 valence electrons. The molecule has 3 atom stereocenters. The van der Waals surface area contributed by atoms with E-state index in [1.807, 2.05) is 12.1 Å². The lowest BCUT2D eigenvalue weighted by Gasteiger charge is -2.47. The Bertz CT molecular complexity index is 858. The molecule has 3 unspecified atom stereocenters. The van der Waals surface area contributed by atoms with Gasteiger partial charge in [0.15, 0.2) is 0 Å². The average Bonchev–Trinajstić information content (AvgIpc) is 3.24. The van der Waals surface area contributed by atoms with Crippen LogP contribution in [-0.4, -0.2) is 56.5 Å². The number of furan rings is 1. The molecular formula is C24H34N2O4. The number of hydrogen-bond acceptors (Lipinski definition) is 6. The minimum atomic E-state index is -0.320. The number of piperidine rings is 1. The molecule has 2 fully saturated rings. The molecule has 1 aromatic heterocycles. The summed E-state index contributed by atoms with van der Waals surface area (Å²) in [5, 5.41) is 4.66. The highest BCUT2D eigenvalue weighted by atomic mass is 16.5. The summed E-state index contributed by atoms with van der Waals surface area (Å²) in [6.07, 6.45) is 4.63. The number of rotatable bonds is 6. The van der Waals surface area contributed by atoms with E-state index in [0.29, 0.717) is 29.6 Å². The summed E-state index contributed by atoms with van der Waals surface area (Å²) in [5.74, 6) is 1.44. The lowest BCUT2D eigenvalue weighted by Crippen LogP contribution is -2.59. The predicted octanol–water partition coefficient (Wildman–Crippen LogP) is 4.15. The normalized spacial score (nSPS) is 25.7. The number of carbonyl (C=O) groups excluding carboxylic acids is 1. The van der Waals surface area contributed by atoms with Gasteiger partial charge >= 0.3 is 5.97 Å². The first kappa shape index (κ1) is 21.3. The van der Waals surface area contributed by atoms with Gasteiger partial charge in [-0.1, -0.05) is 19.9 Å². The molecule has 4 rings (SSSR count). The van der Waals surface area contributed by atoms with E-state index < -0.39 is 0 Å². The van der Waals surface area contributed by atoms with Crippen molar-refractivity contribution in [2.24, 2.45) is 5.92 Å². The van der Waals surface area contributed by atoms with Gasteiger partial charge in [0.1, 0.15) is 11.3 Å². The second-order valence-corrected chi connectivity index (χ2v) is 8.40. The van der Waals surface area contributed by atoms with Crippen LogP contribution < -0.4 is 5.32 Å². The van der Waals surface area contributed by atoms with E-state index >= 15 is 0 Å². The second-order valence-electron chi connectivity index (χ2n) is 8.40. The Morgan fingerprint density at radius 2 is 2.03 bits per heavy atom. The fraction of sp³-hybridized carbons (Fsp3) is 0.625. The van der Waals surface area contributed by atoms with Gasteiger partial charge in [0, 0.05) is 30.6 Å². The SMILES string of the molecule is CCC1C(c2cc3c(C(=O)OC)cccc3o2)CCNC1N(CC)C1CCOCC1. The largest absolute Gasteiger partial charge is 0.465 e. The Morgan fingerprint density at radius 1 is 1.23 bits per heavy atom. The number of carbonyl (C=O) groups is 1. The first-order valence-corrected chi connectivity index (χ1v) is 11.4. The van der Waals surface area contributed by atoms with Gasteiger partial charge in [0.2, 0.25) is 0 Å². The Labute approximate surface area is 178 Å². The van der Waals surface area contributed by atoms with Crippen molar-refractivity contribution in [1.82, 2.24) is 10.2 Å². The number of nitrogens with zero attached hydrogens (tertiary/aromatic N) is 1. The van der Waals surface area contributed by atoms with Crippen LogP contribution in [-0.2, 0) is 9.47 Å². The first-order valence-electron chi connectivity index (χ1n) is 11.4. The Kier molecular flexibility index (Phi) is 6.76. The molecule has 2 saturated heterocycles. The molecule has 1 aromatic carbocycles. The lowest BCUT2D eigenvalue weighted by atomic mass is 9.79. The number of nitrogens with one attached hydrogen (secondary N) is 1. The van der Waals surface area contributed by atoms with E-state index in [0.717, 1.165) is 68.7 Å². The smallest absolute Gasteiger partial charge is 0.338 e. The van der Waals surface area contributed by atoms with Crippen LogP contribution in [0.25, 0.3) is 11.0 Å². The van der Waals surface area contributed by atoms with Crippen molar-refractivity contribution in [2.75, 3.05) is 33.4 Å². The first-order chi connectivity index (χ1) is 14.7. The maximum Gasteiger partial charge on any atom is 0.338 e. The molecule has 0 aliphatic carbocycles. The highest BCUT2D eigenvalue weighted by Crippen LogP contribution is 2.40. The fourth-order valence-corrected chi connectivity index (χ4v) is 5.45. The summed E-state index contributed by atoms with van der Waals surface area (Å²) in [5.41, 5.74) is 1.33. The minimum absolute atomic E-state index is 0.320. The Hall–Kier alpha value is -1.89. The number of fused-ring (bicyclic) bond motifs is 1. The molecule has 0 amide bonds. The van der Waals surface area contributed by atoms with E-state index in [1.165, 1.54) is 7.11 Å². The number of ether oxygens (including phenoxy) is 2. The van der Waals surface area contributed by atoms with Gasteiger partial charge in [0.05, 0.1) is 18.8 Å². The average molecular weight is 415 g/mol. The van der Waals surface area contributed by atoms with E-state index in [4.69, 9.17) is 13.9 Å². The van der Waals surface area contributed by atoms with Crippen molar-refractivity contribution in [2.45, 2.75) is 57.7 Å². The molecule has 0 bridgehead atoms. The third-order valence-corrected chi connectivity index (χ3v) is 6.94. The zero-order valence-corrected chi connectivity index (χ0v) is 18.4. The standard InChI is InChI=1S/C24H34N2O4/c1-4-17-18(9-12-25-23(17)26(5-2)16-10-13-29-14-11-16)22-15-20-19(24(27)28-3)7-6-8-21(20)30-22/h6-8,15-18,23,25H,4-5,9-14H2,1-3H3. The van der Waals surface area contributed by atoms with Crippen LogP contribution in [0.5, 0.6) is 0 Å². The summed E-state index contributed by atoms with van der Waals surface area (Å²) < 4.78 is 16.9. The number of esters is 1. The minimum Gasteiger partial charge on any atom is -0.465 e. The Balaban J connectivity index is 1.64. The van der Waals surface area contributed by atoms with Crippen molar-refractivity contribution < 1.29 is 18.7 Å².